The van der Waals surface area contributed by atoms with E-state index in [1.165, 1.54) is 0 Å². The van der Waals surface area contributed by atoms with Gasteiger partial charge in [0.2, 0.25) is 5.91 Å². The monoisotopic (exact) mass is 284 g/mol. The number of hydrogen-bond acceptors (Lipinski definition) is 4. The minimum absolute atomic E-state index is 0.103. The molecule has 1 fully saturated rings. The molecule has 1 heterocycles. The summed E-state index contributed by atoms with van der Waals surface area (Å²) in [5, 5.41) is 0. The van der Waals surface area contributed by atoms with Crippen molar-refractivity contribution < 1.29 is 14.3 Å². The summed E-state index contributed by atoms with van der Waals surface area (Å²) in [5.74, 6) is -0.0856. The SMILES string of the molecule is CCOC(=O)C1CCCCN1C(C)C(=O)N(CC)CC. The van der Waals surface area contributed by atoms with E-state index in [9.17, 15) is 9.59 Å². The van der Waals surface area contributed by atoms with E-state index >= 15 is 0 Å². The molecular formula is C15H28N2O3. The number of rotatable bonds is 6. The number of carbonyl (C=O) groups is 2. The fourth-order valence-electron chi connectivity index (χ4n) is 2.85. The highest BCUT2D eigenvalue weighted by Gasteiger charge is 2.36. The molecule has 1 aliphatic rings. The third kappa shape index (κ3) is 3.95. The van der Waals surface area contributed by atoms with E-state index in [4.69, 9.17) is 4.74 Å². The fourth-order valence-corrected chi connectivity index (χ4v) is 2.85. The van der Waals surface area contributed by atoms with E-state index in [-0.39, 0.29) is 24.0 Å². The van der Waals surface area contributed by atoms with Crippen molar-refractivity contribution in [2.24, 2.45) is 0 Å². The number of esters is 1. The maximum absolute atomic E-state index is 12.5. The number of likely N-dealkylation sites (tertiary alicyclic amines) is 1. The van der Waals surface area contributed by atoms with Crippen molar-refractivity contribution >= 4 is 11.9 Å². The van der Waals surface area contributed by atoms with Gasteiger partial charge in [0.25, 0.3) is 0 Å². The van der Waals surface area contributed by atoms with E-state index in [0.717, 1.165) is 25.8 Å². The number of carbonyl (C=O) groups excluding carboxylic acids is 2. The third-order valence-corrected chi connectivity index (χ3v) is 4.03. The molecule has 5 heteroatoms. The summed E-state index contributed by atoms with van der Waals surface area (Å²) < 4.78 is 5.15. The Morgan fingerprint density at radius 1 is 1.25 bits per heavy atom. The Kier molecular flexibility index (Phi) is 6.99. The molecule has 0 radical (unpaired) electrons. The van der Waals surface area contributed by atoms with Crippen LogP contribution in [0.25, 0.3) is 0 Å². The number of amides is 1. The minimum Gasteiger partial charge on any atom is -0.465 e. The van der Waals surface area contributed by atoms with Gasteiger partial charge in [-0.25, -0.2) is 0 Å². The second-order valence-electron chi connectivity index (χ2n) is 5.19. The molecule has 0 saturated carbocycles. The Morgan fingerprint density at radius 2 is 1.90 bits per heavy atom. The van der Waals surface area contributed by atoms with Gasteiger partial charge in [-0.1, -0.05) is 6.42 Å². The summed E-state index contributed by atoms with van der Waals surface area (Å²) in [6, 6.07) is -0.525. The molecule has 2 unspecified atom stereocenters. The zero-order valence-electron chi connectivity index (χ0n) is 13.2. The van der Waals surface area contributed by atoms with E-state index in [1.807, 2.05) is 37.5 Å². The molecule has 0 aromatic heterocycles. The first-order valence-electron chi connectivity index (χ1n) is 7.77. The lowest BCUT2D eigenvalue weighted by Crippen LogP contribution is -2.55. The lowest BCUT2D eigenvalue weighted by molar-refractivity contribution is -0.154. The summed E-state index contributed by atoms with van der Waals surface area (Å²) in [7, 11) is 0. The molecule has 20 heavy (non-hydrogen) atoms. The molecule has 0 aliphatic carbocycles. The molecule has 1 rings (SSSR count). The van der Waals surface area contributed by atoms with Crippen molar-refractivity contribution in [3.05, 3.63) is 0 Å². The van der Waals surface area contributed by atoms with Crippen LogP contribution in [0.2, 0.25) is 0 Å². The van der Waals surface area contributed by atoms with Crippen LogP contribution in [0.1, 0.15) is 47.0 Å². The molecule has 0 N–H and O–H groups in total. The second-order valence-corrected chi connectivity index (χ2v) is 5.19. The van der Waals surface area contributed by atoms with Crippen LogP contribution < -0.4 is 0 Å². The van der Waals surface area contributed by atoms with Crippen LogP contribution in [0, 0.1) is 0 Å². The van der Waals surface area contributed by atoms with Gasteiger partial charge in [0.15, 0.2) is 0 Å². The van der Waals surface area contributed by atoms with Gasteiger partial charge in [-0.05, 0) is 47.1 Å². The topological polar surface area (TPSA) is 49.9 Å². The summed E-state index contributed by atoms with van der Waals surface area (Å²) >= 11 is 0. The number of nitrogens with zero attached hydrogens (tertiary/aromatic N) is 2. The Bertz CT molecular complexity index is 329. The molecule has 1 amide bonds. The van der Waals surface area contributed by atoms with Crippen LogP contribution in [0.3, 0.4) is 0 Å². The first kappa shape index (κ1) is 17.0. The zero-order valence-corrected chi connectivity index (χ0v) is 13.2. The first-order chi connectivity index (χ1) is 9.56. The maximum Gasteiger partial charge on any atom is 0.323 e. The van der Waals surface area contributed by atoms with Crippen molar-refractivity contribution in [3.63, 3.8) is 0 Å². The van der Waals surface area contributed by atoms with E-state index in [2.05, 4.69) is 0 Å². The largest absolute Gasteiger partial charge is 0.465 e. The Balaban J connectivity index is 2.78. The predicted molar refractivity (Wildman–Crippen MR) is 78.4 cm³/mol. The lowest BCUT2D eigenvalue weighted by atomic mass is 9.99. The smallest absolute Gasteiger partial charge is 0.323 e. The van der Waals surface area contributed by atoms with Gasteiger partial charge in [-0.3, -0.25) is 14.5 Å². The van der Waals surface area contributed by atoms with E-state index in [0.29, 0.717) is 19.7 Å². The summed E-state index contributed by atoms with van der Waals surface area (Å²) in [4.78, 5) is 28.4. The number of likely N-dealkylation sites (N-methyl/N-ethyl adjacent to an activating group) is 1. The van der Waals surface area contributed by atoms with Gasteiger partial charge in [-0.15, -0.1) is 0 Å². The zero-order chi connectivity index (χ0) is 15.1. The van der Waals surface area contributed by atoms with E-state index in [1.54, 1.807) is 0 Å². The summed E-state index contributed by atoms with van der Waals surface area (Å²) in [5.41, 5.74) is 0. The van der Waals surface area contributed by atoms with Crippen molar-refractivity contribution in [3.8, 4) is 0 Å². The lowest BCUT2D eigenvalue weighted by Gasteiger charge is -2.39. The normalized spacial score (nSPS) is 21.3. The highest BCUT2D eigenvalue weighted by atomic mass is 16.5. The average Bonchev–Trinajstić information content (AvgIpc) is 2.47. The highest BCUT2D eigenvalue weighted by molar-refractivity contribution is 5.83. The van der Waals surface area contributed by atoms with Crippen molar-refractivity contribution in [2.45, 2.75) is 59.0 Å². The second kappa shape index (κ2) is 8.25. The number of piperidine rings is 1. The van der Waals surface area contributed by atoms with Crippen LogP contribution in [0.5, 0.6) is 0 Å². The quantitative estimate of drug-likeness (QED) is 0.696. The number of hydrogen-bond donors (Lipinski definition) is 0. The Labute approximate surface area is 122 Å². The highest BCUT2D eigenvalue weighted by Crippen LogP contribution is 2.21. The van der Waals surface area contributed by atoms with Gasteiger partial charge in [-0.2, -0.15) is 0 Å². The third-order valence-electron chi connectivity index (χ3n) is 4.03. The van der Waals surface area contributed by atoms with Gasteiger partial charge in [0.05, 0.1) is 12.6 Å². The molecular weight excluding hydrogens is 256 g/mol. The van der Waals surface area contributed by atoms with Gasteiger partial charge in [0, 0.05) is 13.1 Å². The van der Waals surface area contributed by atoms with Gasteiger partial charge < -0.3 is 9.64 Å². The summed E-state index contributed by atoms with van der Waals surface area (Å²) in [6.07, 6.45) is 2.84. The molecule has 0 aromatic carbocycles. The van der Waals surface area contributed by atoms with Crippen molar-refractivity contribution in [1.29, 1.82) is 0 Å². The van der Waals surface area contributed by atoms with Crippen LogP contribution in [0.15, 0.2) is 0 Å². The van der Waals surface area contributed by atoms with Crippen LogP contribution in [-0.2, 0) is 14.3 Å². The van der Waals surface area contributed by atoms with Crippen LogP contribution in [0.4, 0.5) is 0 Å². The molecule has 116 valence electrons. The van der Waals surface area contributed by atoms with Crippen LogP contribution >= 0.6 is 0 Å². The predicted octanol–water partition coefficient (Wildman–Crippen LogP) is 1.66. The van der Waals surface area contributed by atoms with Crippen molar-refractivity contribution in [1.82, 2.24) is 9.80 Å². The van der Waals surface area contributed by atoms with Gasteiger partial charge >= 0.3 is 5.97 Å². The average molecular weight is 284 g/mol. The molecule has 0 spiro atoms. The Hall–Kier alpha value is -1.10. The molecule has 5 nitrogen and oxygen atoms in total. The summed E-state index contributed by atoms with van der Waals surface area (Å²) in [6.45, 7) is 10.3. The number of ether oxygens (including phenoxy) is 1. The maximum atomic E-state index is 12.5. The Morgan fingerprint density at radius 3 is 2.45 bits per heavy atom. The van der Waals surface area contributed by atoms with E-state index < -0.39 is 0 Å². The van der Waals surface area contributed by atoms with Crippen molar-refractivity contribution in [2.75, 3.05) is 26.2 Å². The first-order valence-corrected chi connectivity index (χ1v) is 7.77. The molecule has 1 saturated heterocycles. The molecule has 1 aliphatic heterocycles. The van der Waals surface area contributed by atoms with Gasteiger partial charge in [0.1, 0.15) is 6.04 Å². The molecule has 0 aromatic rings. The fraction of sp³-hybridized carbons (Fsp3) is 0.867. The molecule has 2 atom stereocenters. The minimum atomic E-state index is -0.266. The standard InChI is InChI=1S/C15H28N2O3/c1-5-16(6-2)14(18)12(4)17-11-9-8-10-13(17)15(19)20-7-3/h12-13H,5-11H2,1-4H3. The van der Waals surface area contributed by atoms with Crippen LogP contribution in [-0.4, -0.2) is 60.0 Å². The molecule has 0 bridgehead atoms.